The van der Waals surface area contributed by atoms with E-state index in [9.17, 15) is 39.6 Å². The summed E-state index contributed by atoms with van der Waals surface area (Å²) in [7, 11) is 0. The quantitative estimate of drug-likeness (QED) is 0.328. The van der Waals surface area contributed by atoms with Crippen molar-refractivity contribution in [3.8, 4) is 0 Å². The summed E-state index contributed by atoms with van der Waals surface area (Å²) >= 11 is 0. The Balaban J connectivity index is 0. The molecule has 0 aliphatic rings. The molecule has 0 N–H and O–H groups in total. The van der Waals surface area contributed by atoms with Crippen molar-refractivity contribution < 1.29 is 56.7 Å². The smallest absolute Gasteiger partial charge is 0.549 e. The standard InChI is InChI=1S/C10H16N2O8.Fe/c13-7(14)3-11(4-8(15)16)1-2-12(5-9(17)18)6-10(19)20;/h1-6H2,(H,13,14)(H,15,16)(H,17,18)(H,19,20);/q;+4/p-4. The summed E-state index contributed by atoms with van der Waals surface area (Å²) in [6, 6.07) is 0. The molecule has 0 amide bonds. The van der Waals surface area contributed by atoms with E-state index < -0.39 is 50.1 Å². The van der Waals surface area contributed by atoms with Gasteiger partial charge < -0.3 is 39.6 Å². The van der Waals surface area contributed by atoms with E-state index in [2.05, 4.69) is 0 Å². The van der Waals surface area contributed by atoms with Gasteiger partial charge in [0.1, 0.15) is 0 Å². The summed E-state index contributed by atoms with van der Waals surface area (Å²) in [6.45, 7) is -3.25. The van der Waals surface area contributed by atoms with E-state index in [1.54, 1.807) is 0 Å². The number of nitrogens with zero attached hydrogens (tertiary/aromatic N) is 2. The molecule has 0 aromatic rings. The van der Waals surface area contributed by atoms with Crippen LogP contribution in [-0.2, 0) is 36.2 Å². The number of hydrogen-bond donors (Lipinski definition) is 0. The van der Waals surface area contributed by atoms with Crippen LogP contribution in [0.4, 0.5) is 0 Å². The van der Waals surface area contributed by atoms with Crippen molar-refractivity contribution in [1.29, 1.82) is 0 Å². The van der Waals surface area contributed by atoms with Crippen molar-refractivity contribution in [3.63, 3.8) is 0 Å². The second kappa shape index (κ2) is 11.0. The zero-order chi connectivity index (χ0) is 15.7. The first kappa shape index (κ1) is 21.6. The van der Waals surface area contributed by atoms with Crippen LogP contribution in [0.3, 0.4) is 0 Å². The Labute approximate surface area is 130 Å². The van der Waals surface area contributed by atoms with E-state index in [-0.39, 0.29) is 30.2 Å². The fourth-order valence-corrected chi connectivity index (χ4v) is 1.44. The molecule has 0 saturated carbocycles. The Bertz CT molecular complexity index is 321. The fourth-order valence-electron chi connectivity index (χ4n) is 1.44. The van der Waals surface area contributed by atoms with Crippen LogP contribution in [0.5, 0.6) is 0 Å². The van der Waals surface area contributed by atoms with Gasteiger partial charge in [0.05, 0.1) is 23.9 Å². The van der Waals surface area contributed by atoms with Crippen molar-refractivity contribution in [3.05, 3.63) is 0 Å². The second-order valence-corrected chi connectivity index (χ2v) is 3.91. The van der Waals surface area contributed by atoms with Crippen LogP contribution >= 0.6 is 0 Å². The summed E-state index contributed by atoms with van der Waals surface area (Å²) in [5.41, 5.74) is 0. The van der Waals surface area contributed by atoms with Gasteiger partial charge in [-0.15, -0.1) is 0 Å². The van der Waals surface area contributed by atoms with E-state index in [4.69, 9.17) is 0 Å². The molecule has 0 spiro atoms. The Hall–Kier alpha value is -1.68. The van der Waals surface area contributed by atoms with Gasteiger partial charge in [0.15, 0.2) is 0 Å². The molecule has 0 fully saturated rings. The minimum atomic E-state index is -1.53. The second-order valence-electron chi connectivity index (χ2n) is 3.91. The van der Waals surface area contributed by atoms with Gasteiger partial charge in [0.2, 0.25) is 0 Å². The molecular weight excluding hydrogens is 332 g/mol. The van der Waals surface area contributed by atoms with Gasteiger partial charge >= 0.3 is 17.1 Å². The summed E-state index contributed by atoms with van der Waals surface area (Å²) in [4.78, 5) is 43.4. The first-order valence-corrected chi connectivity index (χ1v) is 5.44. The maximum Gasteiger partial charge on any atom is 4.00 e. The third-order valence-electron chi connectivity index (χ3n) is 2.14. The fraction of sp³-hybridized carbons (Fsp3) is 0.600. The van der Waals surface area contributed by atoms with Crippen LogP contribution in [0, 0.1) is 0 Å². The number of carboxylic acids is 4. The van der Waals surface area contributed by atoms with Crippen molar-refractivity contribution in [2.24, 2.45) is 0 Å². The van der Waals surface area contributed by atoms with Gasteiger partial charge in [0.25, 0.3) is 0 Å². The molecular formula is C10H12FeN2O8. The molecule has 0 rings (SSSR count). The minimum absolute atomic E-state index is 0. The summed E-state index contributed by atoms with van der Waals surface area (Å²) < 4.78 is 0. The molecule has 0 aliphatic heterocycles. The molecule has 21 heavy (non-hydrogen) atoms. The number of rotatable bonds is 11. The Kier molecular flexibility index (Phi) is 11.4. The van der Waals surface area contributed by atoms with Gasteiger partial charge in [-0.25, -0.2) is 0 Å². The van der Waals surface area contributed by atoms with Crippen molar-refractivity contribution in [1.82, 2.24) is 9.80 Å². The van der Waals surface area contributed by atoms with Gasteiger partial charge in [-0.1, -0.05) is 0 Å². The van der Waals surface area contributed by atoms with Gasteiger partial charge in [-0.05, 0) is 0 Å². The maximum atomic E-state index is 10.4. The van der Waals surface area contributed by atoms with Crippen LogP contribution in [0.15, 0.2) is 0 Å². The number of carbonyl (C=O) groups excluding carboxylic acids is 4. The third kappa shape index (κ3) is 13.1. The van der Waals surface area contributed by atoms with Crippen LogP contribution in [0.2, 0.25) is 0 Å². The van der Waals surface area contributed by atoms with Crippen LogP contribution in [0.1, 0.15) is 0 Å². The molecule has 118 valence electrons. The summed E-state index contributed by atoms with van der Waals surface area (Å²) in [5, 5.41) is 41.6. The molecule has 0 radical (unpaired) electrons. The molecule has 11 heteroatoms. The zero-order valence-electron chi connectivity index (χ0n) is 10.8. The predicted octanol–water partition coefficient (Wildman–Crippen LogP) is -7.41. The molecule has 0 aromatic carbocycles. The first-order chi connectivity index (χ1) is 9.20. The molecule has 0 aliphatic carbocycles. The summed E-state index contributed by atoms with van der Waals surface area (Å²) in [6.07, 6.45) is 0. The van der Waals surface area contributed by atoms with E-state index in [0.29, 0.717) is 0 Å². The SMILES string of the molecule is O=C([O-])CN(CCN(CC(=O)[O-])CC(=O)[O-])CC(=O)[O-].[Fe+4]. The maximum absolute atomic E-state index is 10.4. The molecule has 0 unspecified atom stereocenters. The van der Waals surface area contributed by atoms with Crippen LogP contribution < -0.4 is 20.4 Å². The Morgan fingerprint density at radius 3 is 0.905 bits per heavy atom. The van der Waals surface area contributed by atoms with Gasteiger partial charge in [0, 0.05) is 39.3 Å². The largest absolute Gasteiger partial charge is 4.00 e. The third-order valence-corrected chi connectivity index (χ3v) is 2.14. The van der Waals surface area contributed by atoms with Gasteiger partial charge in [-0.3, -0.25) is 9.80 Å². The number of carbonyl (C=O) groups is 4. The van der Waals surface area contributed by atoms with E-state index >= 15 is 0 Å². The molecule has 0 saturated heterocycles. The average molecular weight is 344 g/mol. The number of aliphatic carboxylic acids is 4. The van der Waals surface area contributed by atoms with Crippen molar-refractivity contribution >= 4 is 23.9 Å². The monoisotopic (exact) mass is 344 g/mol. The van der Waals surface area contributed by atoms with Crippen molar-refractivity contribution in [2.75, 3.05) is 39.3 Å². The molecule has 0 atom stereocenters. The zero-order valence-corrected chi connectivity index (χ0v) is 11.9. The minimum Gasteiger partial charge on any atom is -0.549 e. The molecule has 10 nitrogen and oxygen atoms in total. The molecule has 0 bridgehead atoms. The van der Waals surface area contributed by atoms with E-state index in [1.807, 2.05) is 0 Å². The number of carboxylic acid groups (broad SMARTS) is 4. The van der Waals surface area contributed by atoms with Crippen molar-refractivity contribution in [2.45, 2.75) is 0 Å². The molecule has 0 aromatic heterocycles. The summed E-state index contributed by atoms with van der Waals surface area (Å²) in [5.74, 6) is -6.12. The van der Waals surface area contributed by atoms with Crippen LogP contribution in [-0.4, -0.2) is 72.9 Å². The first-order valence-electron chi connectivity index (χ1n) is 5.44. The predicted molar refractivity (Wildman–Crippen MR) is 52.9 cm³/mol. The molecule has 0 heterocycles. The normalized spacial score (nSPS) is 10.2. The van der Waals surface area contributed by atoms with Gasteiger partial charge in [-0.2, -0.15) is 0 Å². The average Bonchev–Trinajstić information content (AvgIpc) is 2.22. The Morgan fingerprint density at radius 2 is 0.762 bits per heavy atom. The topological polar surface area (TPSA) is 167 Å². The van der Waals surface area contributed by atoms with Crippen LogP contribution in [0.25, 0.3) is 0 Å². The Morgan fingerprint density at radius 1 is 0.571 bits per heavy atom. The number of hydrogen-bond acceptors (Lipinski definition) is 10. The van der Waals surface area contributed by atoms with E-state index in [1.165, 1.54) is 0 Å². The van der Waals surface area contributed by atoms with E-state index in [0.717, 1.165) is 9.80 Å².